The largest absolute Gasteiger partial charge is 0.370 e. The first-order valence-corrected chi connectivity index (χ1v) is 8.13. The highest BCUT2D eigenvalue weighted by Gasteiger charge is 2.17. The van der Waals surface area contributed by atoms with Crippen molar-refractivity contribution in [2.24, 2.45) is 0 Å². The van der Waals surface area contributed by atoms with Gasteiger partial charge < -0.3 is 10.6 Å². The summed E-state index contributed by atoms with van der Waals surface area (Å²) in [6, 6.07) is 0. The van der Waals surface area contributed by atoms with Crippen molar-refractivity contribution in [1.29, 1.82) is 0 Å². The summed E-state index contributed by atoms with van der Waals surface area (Å²) >= 11 is 1.86. The maximum atomic E-state index is 4.38. The van der Waals surface area contributed by atoms with E-state index in [2.05, 4.69) is 54.6 Å². The Hall–Kier alpha value is -0.970. The number of nitrogens with zero attached hydrogens (tertiary/aromatic N) is 2. The summed E-state index contributed by atoms with van der Waals surface area (Å²) in [6.45, 7) is 10.6. The molecule has 5 heteroatoms. The van der Waals surface area contributed by atoms with Crippen molar-refractivity contribution in [1.82, 2.24) is 9.97 Å². The van der Waals surface area contributed by atoms with Crippen molar-refractivity contribution in [2.45, 2.75) is 45.3 Å². The highest BCUT2D eigenvalue weighted by Crippen LogP contribution is 2.24. The number of anilines is 2. The maximum absolute atomic E-state index is 4.38. The van der Waals surface area contributed by atoms with Crippen LogP contribution in [0.4, 0.5) is 11.6 Å². The molecule has 1 rings (SSSR count). The summed E-state index contributed by atoms with van der Waals surface area (Å²) in [4.78, 5) is 8.73. The molecule has 0 radical (unpaired) electrons. The van der Waals surface area contributed by atoms with Gasteiger partial charge in [0.15, 0.2) is 0 Å². The van der Waals surface area contributed by atoms with Crippen molar-refractivity contribution < 1.29 is 0 Å². The number of aromatic nitrogens is 2. The van der Waals surface area contributed by atoms with Crippen LogP contribution in [0.5, 0.6) is 0 Å². The molecular formula is C14H26N4S. The number of nitrogens with one attached hydrogen (secondary N) is 2. The molecule has 1 aromatic rings. The van der Waals surface area contributed by atoms with Crippen LogP contribution in [0.3, 0.4) is 0 Å². The van der Waals surface area contributed by atoms with Crippen molar-refractivity contribution in [2.75, 3.05) is 30.0 Å². The van der Waals surface area contributed by atoms with Crippen molar-refractivity contribution in [3.63, 3.8) is 0 Å². The van der Waals surface area contributed by atoms with E-state index >= 15 is 0 Å². The number of rotatable bonds is 8. The second-order valence-corrected chi connectivity index (χ2v) is 6.66. The summed E-state index contributed by atoms with van der Waals surface area (Å²) in [6.07, 6.45) is 5.78. The molecule has 0 bridgehead atoms. The second kappa shape index (κ2) is 7.58. The fourth-order valence-corrected chi connectivity index (χ4v) is 1.88. The number of hydrogen-bond donors (Lipinski definition) is 2. The SMILES string of the molecule is CCCNc1ncnc(NCC(C)(C)SC)c1CC. The quantitative estimate of drug-likeness (QED) is 0.765. The predicted molar refractivity (Wildman–Crippen MR) is 86.3 cm³/mol. The van der Waals surface area contributed by atoms with Crippen LogP contribution in [0.2, 0.25) is 0 Å². The Kier molecular flexibility index (Phi) is 6.42. The molecule has 108 valence electrons. The molecule has 1 aromatic heterocycles. The second-order valence-electron chi connectivity index (χ2n) is 5.15. The summed E-state index contributed by atoms with van der Waals surface area (Å²) < 4.78 is 0.201. The summed E-state index contributed by atoms with van der Waals surface area (Å²) in [5.41, 5.74) is 1.17. The monoisotopic (exact) mass is 282 g/mol. The molecule has 0 fully saturated rings. The molecule has 0 saturated heterocycles. The first kappa shape index (κ1) is 16.1. The van der Waals surface area contributed by atoms with Crippen molar-refractivity contribution >= 4 is 23.4 Å². The van der Waals surface area contributed by atoms with Gasteiger partial charge in [0.25, 0.3) is 0 Å². The Morgan fingerprint density at radius 2 is 1.79 bits per heavy atom. The van der Waals surface area contributed by atoms with Gasteiger partial charge in [-0.3, -0.25) is 0 Å². The lowest BCUT2D eigenvalue weighted by Gasteiger charge is -2.23. The van der Waals surface area contributed by atoms with Gasteiger partial charge in [-0.2, -0.15) is 11.8 Å². The topological polar surface area (TPSA) is 49.8 Å². The Morgan fingerprint density at radius 1 is 1.16 bits per heavy atom. The van der Waals surface area contributed by atoms with Crippen LogP contribution >= 0.6 is 11.8 Å². The molecule has 0 amide bonds. The molecule has 0 aromatic carbocycles. The lowest BCUT2D eigenvalue weighted by molar-refractivity contribution is 0.748. The van der Waals surface area contributed by atoms with Gasteiger partial charge in [0.05, 0.1) is 0 Å². The first-order valence-electron chi connectivity index (χ1n) is 6.90. The van der Waals surface area contributed by atoms with Gasteiger partial charge in [0.1, 0.15) is 18.0 Å². The standard InChI is InChI=1S/C14H26N4S/c1-6-8-15-12-11(7-2)13(18-10-17-12)16-9-14(3,4)19-5/h10H,6-9H2,1-5H3,(H2,15,16,17,18). The molecule has 4 nitrogen and oxygen atoms in total. The fraction of sp³-hybridized carbons (Fsp3) is 0.714. The van der Waals surface area contributed by atoms with Crippen LogP contribution in [0.1, 0.15) is 39.7 Å². The van der Waals surface area contributed by atoms with Gasteiger partial charge in [-0.25, -0.2) is 9.97 Å². The molecule has 1 heterocycles. The van der Waals surface area contributed by atoms with Crippen LogP contribution in [-0.2, 0) is 6.42 Å². The van der Waals surface area contributed by atoms with Gasteiger partial charge >= 0.3 is 0 Å². The highest BCUT2D eigenvalue weighted by molar-refractivity contribution is 7.99. The highest BCUT2D eigenvalue weighted by atomic mass is 32.2. The van der Waals surface area contributed by atoms with Gasteiger partial charge in [-0.15, -0.1) is 0 Å². The average molecular weight is 282 g/mol. The minimum atomic E-state index is 0.201. The normalized spacial score (nSPS) is 11.4. The number of thioether (sulfide) groups is 1. The first-order chi connectivity index (χ1) is 9.04. The maximum Gasteiger partial charge on any atom is 0.134 e. The molecule has 19 heavy (non-hydrogen) atoms. The Morgan fingerprint density at radius 3 is 2.32 bits per heavy atom. The average Bonchev–Trinajstić information content (AvgIpc) is 2.42. The zero-order valence-corrected chi connectivity index (χ0v) is 13.5. The van der Waals surface area contributed by atoms with Crippen LogP contribution < -0.4 is 10.6 Å². The predicted octanol–water partition coefficient (Wildman–Crippen LogP) is 3.41. The van der Waals surface area contributed by atoms with Crippen LogP contribution in [0.25, 0.3) is 0 Å². The summed E-state index contributed by atoms with van der Waals surface area (Å²) in [7, 11) is 0. The van der Waals surface area contributed by atoms with Gasteiger partial charge in [-0.05, 0) is 32.9 Å². The molecular weight excluding hydrogens is 256 g/mol. The molecule has 0 saturated carbocycles. The van der Waals surface area contributed by atoms with E-state index in [9.17, 15) is 0 Å². The van der Waals surface area contributed by atoms with Crippen LogP contribution in [0.15, 0.2) is 6.33 Å². The third kappa shape index (κ3) is 4.90. The summed E-state index contributed by atoms with van der Waals surface area (Å²) in [5, 5.41) is 6.83. The van der Waals surface area contributed by atoms with Gasteiger partial charge in [0, 0.05) is 23.4 Å². The van der Waals surface area contributed by atoms with E-state index in [0.29, 0.717) is 0 Å². The minimum Gasteiger partial charge on any atom is -0.370 e. The van der Waals surface area contributed by atoms with E-state index in [1.807, 2.05) is 11.8 Å². The fourth-order valence-electron chi connectivity index (χ4n) is 1.66. The van der Waals surface area contributed by atoms with E-state index in [-0.39, 0.29) is 4.75 Å². The minimum absolute atomic E-state index is 0.201. The zero-order chi connectivity index (χ0) is 14.3. The lowest BCUT2D eigenvalue weighted by atomic mass is 10.2. The number of hydrogen-bond acceptors (Lipinski definition) is 5. The van der Waals surface area contributed by atoms with E-state index in [1.54, 1.807) is 6.33 Å². The zero-order valence-electron chi connectivity index (χ0n) is 12.7. The van der Waals surface area contributed by atoms with Crippen LogP contribution in [-0.4, -0.2) is 34.1 Å². The molecule has 0 spiro atoms. The van der Waals surface area contributed by atoms with Gasteiger partial charge in [-0.1, -0.05) is 13.8 Å². The third-order valence-electron chi connectivity index (χ3n) is 3.08. The van der Waals surface area contributed by atoms with E-state index in [0.717, 1.165) is 37.6 Å². The third-order valence-corrected chi connectivity index (χ3v) is 4.33. The Balaban J connectivity index is 2.82. The van der Waals surface area contributed by atoms with E-state index in [1.165, 1.54) is 5.56 Å². The smallest absolute Gasteiger partial charge is 0.134 e. The van der Waals surface area contributed by atoms with Gasteiger partial charge in [0.2, 0.25) is 0 Å². The van der Waals surface area contributed by atoms with E-state index < -0.39 is 0 Å². The molecule has 0 aliphatic rings. The molecule has 0 atom stereocenters. The molecule has 0 aliphatic heterocycles. The van der Waals surface area contributed by atoms with Crippen molar-refractivity contribution in [3.8, 4) is 0 Å². The molecule has 0 unspecified atom stereocenters. The lowest BCUT2D eigenvalue weighted by Crippen LogP contribution is -2.27. The Labute approximate surface area is 121 Å². The Bertz CT molecular complexity index is 393. The van der Waals surface area contributed by atoms with Crippen molar-refractivity contribution in [3.05, 3.63) is 11.9 Å². The van der Waals surface area contributed by atoms with E-state index in [4.69, 9.17) is 0 Å². The summed E-state index contributed by atoms with van der Waals surface area (Å²) in [5.74, 6) is 1.92. The molecule has 0 aliphatic carbocycles. The van der Waals surface area contributed by atoms with Crippen LogP contribution in [0, 0.1) is 0 Å². The molecule has 2 N–H and O–H groups in total.